The number of carbonyl (C=O) groups is 2. The van der Waals surface area contributed by atoms with Crippen LogP contribution >= 0.6 is 0 Å². The molecule has 0 aromatic rings. The van der Waals surface area contributed by atoms with Crippen molar-refractivity contribution in [2.75, 3.05) is 13.2 Å². The summed E-state index contributed by atoms with van der Waals surface area (Å²) in [6, 6.07) is 0.381. The summed E-state index contributed by atoms with van der Waals surface area (Å²) in [5.41, 5.74) is 0. The maximum absolute atomic E-state index is 12.1. The van der Waals surface area contributed by atoms with Crippen LogP contribution < -0.4 is 0 Å². The van der Waals surface area contributed by atoms with E-state index < -0.39 is 5.92 Å². The van der Waals surface area contributed by atoms with Gasteiger partial charge in [0.25, 0.3) is 0 Å². The van der Waals surface area contributed by atoms with E-state index >= 15 is 0 Å². The highest BCUT2D eigenvalue weighted by atomic mass is 16.5. The normalized spacial score (nSPS) is 29.8. The number of hydrogen-bond donors (Lipinski definition) is 0. The molecule has 0 aromatic heterocycles. The van der Waals surface area contributed by atoms with Gasteiger partial charge >= 0.3 is 5.97 Å². The van der Waals surface area contributed by atoms with Crippen molar-refractivity contribution in [3.05, 3.63) is 0 Å². The number of nitrogens with zero attached hydrogens (tertiary/aromatic N) is 1. The zero-order chi connectivity index (χ0) is 11.5. The number of hydrogen-bond acceptors (Lipinski definition) is 3. The van der Waals surface area contributed by atoms with Crippen LogP contribution in [0, 0.1) is 5.92 Å². The monoisotopic (exact) mass is 225 g/mol. The summed E-state index contributed by atoms with van der Waals surface area (Å²) >= 11 is 0. The Hall–Kier alpha value is -1.06. The van der Waals surface area contributed by atoms with Crippen molar-refractivity contribution in [2.45, 2.75) is 45.1 Å². The number of piperidine rings is 2. The Morgan fingerprint density at radius 3 is 2.94 bits per heavy atom. The zero-order valence-corrected chi connectivity index (χ0v) is 9.78. The summed E-state index contributed by atoms with van der Waals surface area (Å²) in [5.74, 6) is -0.875. The molecule has 0 saturated carbocycles. The Labute approximate surface area is 95.9 Å². The summed E-state index contributed by atoms with van der Waals surface area (Å²) in [4.78, 5) is 25.6. The van der Waals surface area contributed by atoms with Crippen LogP contribution in [-0.2, 0) is 14.3 Å². The first-order valence-electron chi connectivity index (χ1n) is 6.21. The standard InChI is InChI=1S/C12H19NO3/c1-2-16-12(15)10-7-6-9-5-3-4-8-13(9)11(10)14/h9-10H,2-8H2,1H3/t9-,10-/m0/s1. The minimum atomic E-state index is -0.533. The fourth-order valence-corrected chi connectivity index (χ4v) is 2.74. The van der Waals surface area contributed by atoms with Gasteiger partial charge in [-0.3, -0.25) is 9.59 Å². The summed E-state index contributed by atoms with van der Waals surface area (Å²) in [6.45, 7) is 2.94. The lowest BCUT2D eigenvalue weighted by atomic mass is 9.87. The molecule has 90 valence electrons. The van der Waals surface area contributed by atoms with Gasteiger partial charge in [0.05, 0.1) is 6.61 Å². The van der Waals surface area contributed by atoms with Crippen LogP contribution in [0.15, 0.2) is 0 Å². The number of esters is 1. The van der Waals surface area contributed by atoms with Gasteiger partial charge in [-0.2, -0.15) is 0 Å². The molecule has 2 heterocycles. The predicted octanol–water partition coefficient (Wildman–Crippen LogP) is 1.34. The topological polar surface area (TPSA) is 46.6 Å². The molecular formula is C12H19NO3. The molecule has 4 heteroatoms. The lowest BCUT2D eigenvalue weighted by molar-refractivity contribution is -0.160. The average Bonchev–Trinajstić information content (AvgIpc) is 2.30. The molecule has 4 nitrogen and oxygen atoms in total. The van der Waals surface area contributed by atoms with E-state index in [4.69, 9.17) is 4.74 Å². The minimum absolute atomic E-state index is 0.00519. The van der Waals surface area contributed by atoms with Crippen LogP contribution in [0.1, 0.15) is 39.0 Å². The maximum atomic E-state index is 12.1. The van der Waals surface area contributed by atoms with Crippen LogP contribution in [0.5, 0.6) is 0 Å². The third kappa shape index (κ3) is 2.06. The molecular weight excluding hydrogens is 206 g/mol. The molecule has 0 aliphatic carbocycles. The quantitative estimate of drug-likeness (QED) is 0.526. The van der Waals surface area contributed by atoms with E-state index in [0.29, 0.717) is 19.1 Å². The van der Waals surface area contributed by atoms with Crippen molar-refractivity contribution in [2.24, 2.45) is 5.92 Å². The lowest BCUT2D eigenvalue weighted by Gasteiger charge is -2.41. The summed E-state index contributed by atoms with van der Waals surface area (Å²) < 4.78 is 4.95. The molecule has 2 aliphatic heterocycles. The highest BCUT2D eigenvalue weighted by molar-refractivity contribution is 5.98. The first kappa shape index (κ1) is 11.4. The second kappa shape index (κ2) is 4.85. The molecule has 1 amide bonds. The number of fused-ring (bicyclic) bond motifs is 1. The smallest absolute Gasteiger partial charge is 0.318 e. The second-order valence-electron chi connectivity index (χ2n) is 4.56. The van der Waals surface area contributed by atoms with Crippen LogP contribution in [-0.4, -0.2) is 36.0 Å². The van der Waals surface area contributed by atoms with Gasteiger partial charge in [-0.05, 0) is 39.0 Å². The fourth-order valence-electron chi connectivity index (χ4n) is 2.74. The van der Waals surface area contributed by atoms with Crippen LogP contribution in [0.25, 0.3) is 0 Å². The molecule has 0 radical (unpaired) electrons. The molecule has 0 unspecified atom stereocenters. The Morgan fingerprint density at radius 1 is 1.38 bits per heavy atom. The van der Waals surface area contributed by atoms with E-state index in [0.717, 1.165) is 25.8 Å². The van der Waals surface area contributed by atoms with Crippen LogP contribution in [0.4, 0.5) is 0 Å². The third-order valence-electron chi connectivity index (χ3n) is 3.57. The summed E-state index contributed by atoms with van der Waals surface area (Å²) in [7, 11) is 0. The summed E-state index contributed by atoms with van der Waals surface area (Å²) in [5, 5.41) is 0. The van der Waals surface area contributed by atoms with Gasteiger partial charge in [-0.25, -0.2) is 0 Å². The minimum Gasteiger partial charge on any atom is -0.465 e. The molecule has 0 spiro atoms. The molecule has 2 aliphatic rings. The molecule has 2 saturated heterocycles. The van der Waals surface area contributed by atoms with E-state index in [9.17, 15) is 9.59 Å². The van der Waals surface area contributed by atoms with E-state index in [1.807, 2.05) is 4.90 Å². The Morgan fingerprint density at radius 2 is 2.19 bits per heavy atom. The van der Waals surface area contributed by atoms with Gasteiger partial charge in [0.2, 0.25) is 5.91 Å². The van der Waals surface area contributed by atoms with Crippen LogP contribution in [0.3, 0.4) is 0 Å². The number of amides is 1. The van der Waals surface area contributed by atoms with E-state index in [1.54, 1.807) is 6.92 Å². The lowest BCUT2D eigenvalue weighted by Crippen LogP contribution is -2.52. The molecule has 16 heavy (non-hydrogen) atoms. The highest BCUT2D eigenvalue weighted by Gasteiger charge is 2.40. The highest BCUT2D eigenvalue weighted by Crippen LogP contribution is 2.30. The van der Waals surface area contributed by atoms with Crippen molar-refractivity contribution >= 4 is 11.9 Å². The van der Waals surface area contributed by atoms with Gasteiger partial charge < -0.3 is 9.64 Å². The summed E-state index contributed by atoms with van der Waals surface area (Å²) in [6.07, 6.45) is 4.99. The zero-order valence-electron chi connectivity index (χ0n) is 9.78. The number of ether oxygens (including phenoxy) is 1. The molecule has 0 bridgehead atoms. The Bertz CT molecular complexity index is 290. The largest absolute Gasteiger partial charge is 0.465 e. The molecule has 0 N–H and O–H groups in total. The SMILES string of the molecule is CCOC(=O)[C@H]1CC[C@@H]2CCCCN2C1=O. The predicted molar refractivity (Wildman–Crippen MR) is 58.7 cm³/mol. The first-order valence-corrected chi connectivity index (χ1v) is 6.21. The van der Waals surface area contributed by atoms with Gasteiger partial charge in [0, 0.05) is 12.6 Å². The Kier molecular flexibility index (Phi) is 3.46. The van der Waals surface area contributed by atoms with Crippen molar-refractivity contribution in [1.29, 1.82) is 0 Å². The van der Waals surface area contributed by atoms with Crippen LogP contribution in [0.2, 0.25) is 0 Å². The van der Waals surface area contributed by atoms with Gasteiger partial charge in [-0.1, -0.05) is 0 Å². The van der Waals surface area contributed by atoms with E-state index in [1.165, 1.54) is 6.42 Å². The second-order valence-corrected chi connectivity index (χ2v) is 4.56. The van der Waals surface area contributed by atoms with E-state index in [-0.39, 0.29) is 11.9 Å². The molecule has 2 rings (SSSR count). The van der Waals surface area contributed by atoms with E-state index in [2.05, 4.69) is 0 Å². The molecule has 2 atom stereocenters. The maximum Gasteiger partial charge on any atom is 0.318 e. The van der Waals surface area contributed by atoms with Crippen molar-refractivity contribution in [3.63, 3.8) is 0 Å². The van der Waals surface area contributed by atoms with Gasteiger partial charge in [0.15, 0.2) is 0 Å². The van der Waals surface area contributed by atoms with Crippen molar-refractivity contribution in [1.82, 2.24) is 4.90 Å². The van der Waals surface area contributed by atoms with Crippen molar-refractivity contribution < 1.29 is 14.3 Å². The number of carbonyl (C=O) groups excluding carboxylic acids is 2. The third-order valence-corrected chi connectivity index (χ3v) is 3.57. The Balaban J connectivity index is 2.02. The average molecular weight is 225 g/mol. The molecule has 0 aromatic carbocycles. The van der Waals surface area contributed by atoms with Crippen molar-refractivity contribution in [3.8, 4) is 0 Å². The van der Waals surface area contributed by atoms with Gasteiger partial charge in [0.1, 0.15) is 5.92 Å². The first-order chi connectivity index (χ1) is 7.74. The number of rotatable bonds is 2. The fraction of sp³-hybridized carbons (Fsp3) is 0.833. The van der Waals surface area contributed by atoms with Gasteiger partial charge in [-0.15, -0.1) is 0 Å². The molecule has 2 fully saturated rings.